The molecule has 2 amide bonds. The number of pyridine rings is 2. The minimum atomic E-state index is -0.173. The molecule has 5 rings (SSSR count). The number of amides is 2. The Bertz CT molecular complexity index is 1300. The highest BCUT2D eigenvalue weighted by molar-refractivity contribution is 7.07. The van der Waals surface area contributed by atoms with Gasteiger partial charge in [-0.1, -0.05) is 18.2 Å². The maximum Gasteiger partial charge on any atom is 0.255 e. The number of carbonyl (C=O) groups excluding carboxylic acids is 2. The third-order valence-corrected chi connectivity index (χ3v) is 6.04. The van der Waals surface area contributed by atoms with Crippen molar-refractivity contribution in [3.63, 3.8) is 0 Å². The van der Waals surface area contributed by atoms with Crippen LogP contribution in [0.3, 0.4) is 0 Å². The molecule has 0 saturated carbocycles. The third kappa shape index (κ3) is 3.78. The fourth-order valence-corrected chi connectivity index (χ4v) is 4.35. The Hall–Kier alpha value is -3.85. The molecule has 1 aromatic carbocycles. The molecule has 0 spiro atoms. The number of thiazole rings is 1. The summed E-state index contributed by atoms with van der Waals surface area (Å²) in [5.41, 5.74) is 5.45. The molecule has 32 heavy (non-hydrogen) atoms. The van der Waals surface area contributed by atoms with E-state index >= 15 is 0 Å². The maximum absolute atomic E-state index is 13.2. The molecule has 1 N–H and O–H groups in total. The van der Waals surface area contributed by atoms with Crippen molar-refractivity contribution >= 4 is 45.6 Å². The number of carbonyl (C=O) groups is 2. The van der Waals surface area contributed by atoms with E-state index in [4.69, 9.17) is 0 Å². The molecule has 0 unspecified atom stereocenters. The van der Waals surface area contributed by atoms with E-state index in [-0.39, 0.29) is 18.4 Å². The standard InChI is InChI=1S/C23H20N6O2S/c1-28(11-15-4-2-6-19-18(15)5-3-7-24-19)23(31)16-8-20-22(25-9-16)26-10-21(30)29(20)12-17-13-32-14-27-17/h2-9,13-14H,10-12H2,1H3,(H,25,26). The summed E-state index contributed by atoms with van der Waals surface area (Å²) >= 11 is 1.48. The summed E-state index contributed by atoms with van der Waals surface area (Å²) in [6.07, 6.45) is 3.30. The Morgan fingerprint density at radius 2 is 2.12 bits per heavy atom. The molecule has 9 heteroatoms. The Balaban J connectivity index is 1.41. The van der Waals surface area contributed by atoms with Crippen LogP contribution in [-0.2, 0) is 17.9 Å². The average Bonchev–Trinajstić information content (AvgIpc) is 3.34. The summed E-state index contributed by atoms with van der Waals surface area (Å²) in [6.45, 7) is 0.931. The predicted molar refractivity (Wildman–Crippen MR) is 124 cm³/mol. The number of hydrogen-bond acceptors (Lipinski definition) is 7. The number of anilines is 2. The van der Waals surface area contributed by atoms with Gasteiger partial charge in [-0.25, -0.2) is 9.97 Å². The molecule has 0 fully saturated rings. The zero-order valence-electron chi connectivity index (χ0n) is 17.4. The normalized spacial score (nSPS) is 13.0. The van der Waals surface area contributed by atoms with Gasteiger partial charge in [0.2, 0.25) is 5.91 Å². The summed E-state index contributed by atoms with van der Waals surface area (Å²) in [5.74, 6) is 0.320. The number of nitrogens with one attached hydrogen (secondary N) is 1. The van der Waals surface area contributed by atoms with Crippen molar-refractivity contribution < 1.29 is 9.59 Å². The Labute approximate surface area is 188 Å². The first-order valence-electron chi connectivity index (χ1n) is 10.1. The predicted octanol–water partition coefficient (Wildman–Crippen LogP) is 3.32. The fraction of sp³-hybridized carbons (Fsp3) is 0.174. The molecule has 0 saturated heterocycles. The van der Waals surface area contributed by atoms with Crippen LogP contribution in [0.15, 0.2) is 59.7 Å². The van der Waals surface area contributed by atoms with E-state index in [9.17, 15) is 9.59 Å². The molecule has 160 valence electrons. The van der Waals surface area contributed by atoms with E-state index in [1.54, 1.807) is 40.8 Å². The van der Waals surface area contributed by atoms with Gasteiger partial charge in [-0.15, -0.1) is 11.3 Å². The lowest BCUT2D eigenvalue weighted by molar-refractivity contribution is -0.117. The summed E-state index contributed by atoms with van der Waals surface area (Å²) < 4.78 is 0. The molecule has 4 heterocycles. The molecule has 1 aliphatic heterocycles. The number of fused-ring (bicyclic) bond motifs is 2. The van der Waals surface area contributed by atoms with Gasteiger partial charge in [-0.05, 0) is 23.8 Å². The third-order valence-electron chi connectivity index (χ3n) is 5.41. The van der Waals surface area contributed by atoms with E-state index in [2.05, 4.69) is 20.3 Å². The first-order valence-corrected chi connectivity index (χ1v) is 11.0. The second-order valence-electron chi connectivity index (χ2n) is 7.55. The van der Waals surface area contributed by atoms with Crippen molar-refractivity contribution in [3.05, 3.63) is 76.5 Å². The number of nitrogens with zero attached hydrogens (tertiary/aromatic N) is 5. The lowest BCUT2D eigenvalue weighted by Crippen LogP contribution is -2.40. The van der Waals surface area contributed by atoms with Crippen LogP contribution in [0.25, 0.3) is 10.9 Å². The van der Waals surface area contributed by atoms with Gasteiger partial charge in [0.05, 0.1) is 41.1 Å². The summed E-state index contributed by atoms with van der Waals surface area (Å²) in [7, 11) is 1.76. The van der Waals surface area contributed by atoms with Gasteiger partial charge in [-0.3, -0.25) is 14.6 Å². The monoisotopic (exact) mass is 444 g/mol. The Morgan fingerprint density at radius 1 is 1.22 bits per heavy atom. The van der Waals surface area contributed by atoms with Crippen molar-refractivity contribution in [1.82, 2.24) is 19.9 Å². The first-order chi connectivity index (χ1) is 15.6. The van der Waals surface area contributed by atoms with Gasteiger partial charge in [0.15, 0.2) is 5.82 Å². The molecule has 0 aliphatic carbocycles. The number of aromatic nitrogens is 3. The zero-order valence-corrected chi connectivity index (χ0v) is 18.2. The van der Waals surface area contributed by atoms with E-state index in [0.29, 0.717) is 30.2 Å². The van der Waals surface area contributed by atoms with Crippen LogP contribution in [0, 0.1) is 0 Å². The van der Waals surface area contributed by atoms with Gasteiger partial charge >= 0.3 is 0 Å². The van der Waals surface area contributed by atoms with Crippen LogP contribution >= 0.6 is 11.3 Å². The van der Waals surface area contributed by atoms with E-state index in [0.717, 1.165) is 22.2 Å². The quantitative estimate of drug-likeness (QED) is 0.508. The minimum Gasteiger partial charge on any atom is -0.359 e. The molecule has 0 radical (unpaired) electrons. The second kappa shape index (κ2) is 8.35. The smallest absolute Gasteiger partial charge is 0.255 e. The van der Waals surface area contributed by atoms with Crippen molar-refractivity contribution in [2.45, 2.75) is 13.1 Å². The van der Waals surface area contributed by atoms with Crippen LogP contribution in [0.2, 0.25) is 0 Å². The van der Waals surface area contributed by atoms with Crippen LogP contribution in [-0.4, -0.2) is 45.3 Å². The molecule has 3 aromatic heterocycles. The number of benzene rings is 1. The SMILES string of the molecule is CN(Cc1cccc2ncccc12)C(=O)c1cnc2c(c1)N(Cc1cscn1)C(=O)CN2. The van der Waals surface area contributed by atoms with Gasteiger partial charge in [0.1, 0.15) is 0 Å². The molecule has 8 nitrogen and oxygen atoms in total. The highest BCUT2D eigenvalue weighted by Crippen LogP contribution is 2.30. The Morgan fingerprint density at radius 3 is 2.97 bits per heavy atom. The van der Waals surface area contributed by atoms with Crippen LogP contribution in [0.5, 0.6) is 0 Å². The summed E-state index contributed by atoms with van der Waals surface area (Å²) in [5, 5.41) is 5.95. The van der Waals surface area contributed by atoms with Gasteiger partial charge < -0.3 is 15.1 Å². The number of rotatable bonds is 5. The van der Waals surface area contributed by atoms with Crippen molar-refractivity contribution in [1.29, 1.82) is 0 Å². The second-order valence-corrected chi connectivity index (χ2v) is 8.27. The van der Waals surface area contributed by atoms with Gasteiger partial charge in [0.25, 0.3) is 5.91 Å². The van der Waals surface area contributed by atoms with Crippen LogP contribution in [0.1, 0.15) is 21.6 Å². The topological polar surface area (TPSA) is 91.3 Å². The van der Waals surface area contributed by atoms with Crippen molar-refractivity contribution in [3.8, 4) is 0 Å². The lowest BCUT2D eigenvalue weighted by Gasteiger charge is -2.29. The van der Waals surface area contributed by atoms with Gasteiger partial charge in [-0.2, -0.15) is 0 Å². The zero-order chi connectivity index (χ0) is 22.1. The van der Waals surface area contributed by atoms with E-state index in [1.165, 1.54) is 11.3 Å². The largest absolute Gasteiger partial charge is 0.359 e. The average molecular weight is 445 g/mol. The molecule has 0 bridgehead atoms. The van der Waals surface area contributed by atoms with Crippen molar-refractivity contribution in [2.24, 2.45) is 0 Å². The highest BCUT2D eigenvalue weighted by Gasteiger charge is 2.27. The van der Waals surface area contributed by atoms with Gasteiger partial charge in [0, 0.05) is 36.8 Å². The first kappa shape index (κ1) is 20.1. The minimum absolute atomic E-state index is 0.0893. The van der Waals surface area contributed by atoms with Crippen LogP contribution < -0.4 is 10.2 Å². The molecule has 0 atom stereocenters. The summed E-state index contributed by atoms with van der Waals surface area (Å²) in [6, 6.07) is 11.5. The fourth-order valence-electron chi connectivity index (χ4n) is 3.80. The maximum atomic E-state index is 13.2. The number of hydrogen-bond donors (Lipinski definition) is 1. The Kier molecular flexibility index (Phi) is 5.24. The molecule has 4 aromatic rings. The molecular formula is C23H20N6O2S. The van der Waals surface area contributed by atoms with Crippen molar-refractivity contribution in [2.75, 3.05) is 23.8 Å². The molecular weight excluding hydrogens is 424 g/mol. The lowest BCUT2D eigenvalue weighted by atomic mass is 10.1. The van der Waals surface area contributed by atoms with E-state index in [1.807, 2.05) is 35.7 Å². The summed E-state index contributed by atoms with van der Waals surface area (Å²) in [4.78, 5) is 42.1. The van der Waals surface area contributed by atoms with E-state index < -0.39 is 0 Å². The highest BCUT2D eigenvalue weighted by atomic mass is 32.1. The molecule has 1 aliphatic rings. The van der Waals surface area contributed by atoms with Crippen LogP contribution in [0.4, 0.5) is 11.5 Å².